The van der Waals surface area contributed by atoms with E-state index in [1.807, 2.05) is 0 Å². The minimum absolute atomic E-state index is 0.240. The van der Waals surface area contributed by atoms with E-state index >= 15 is 0 Å². The second-order valence-corrected chi connectivity index (χ2v) is 4.48. The lowest BCUT2D eigenvalue weighted by Crippen LogP contribution is -2.15. The number of nitrogens with zero attached hydrogens (tertiary/aromatic N) is 2. The van der Waals surface area contributed by atoms with Crippen LogP contribution in [-0.2, 0) is 0 Å². The van der Waals surface area contributed by atoms with E-state index < -0.39 is 0 Å². The first-order chi connectivity index (χ1) is 11.2. The minimum Gasteiger partial charge on any atom is -0.497 e. The first kappa shape index (κ1) is 16.3. The molecule has 2 aromatic rings. The van der Waals surface area contributed by atoms with Gasteiger partial charge in [-0.05, 0) is 12.1 Å². The molecule has 7 nitrogen and oxygen atoms in total. The van der Waals surface area contributed by atoms with Crippen molar-refractivity contribution in [1.29, 1.82) is 0 Å². The molecule has 0 radical (unpaired) electrons. The van der Waals surface area contributed by atoms with Crippen molar-refractivity contribution in [3.05, 3.63) is 48.9 Å². The van der Waals surface area contributed by atoms with Gasteiger partial charge in [0.25, 0.3) is 5.91 Å². The average molecular weight is 314 g/mol. The molecule has 0 aliphatic carbocycles. The van der Waals surface area contributed by atoms with Gasteiger partial charge >= 0.3 is 0 Å². The van der Waals surface area contributed by atoms with Gasteiger partial charge < -0.3 is 20.1 Å². The molecule has 0 atom stereocenters. The second-order valence-electron chi connectivity index (χ2n) is 4.48. The highest BCUT2D eigenvalue weighted by Crippen LogP contribution is 2.29. The van der Waals surface area contributed by atoms with Gasteiger partial charge in [0.05, 0.1) is 19.9 Å². The van der Waals surface area contributed by atoms with Gasteiger partial charge in [-0.3, -0.25) is 4.79 Å². The van der Waals surface area contributed by atoms with Gasteiger partial charge in [0, 0.05) is 18.7 Å². The van der Waals surface area contributed by atoms with Crippen LogP contribution >= 0.6 is 0 Å². The third-order valence-electron chi connectivity index (χ3n) is 2.98. The van der Waals surface area contributed by atoms with Crippen LogP contribution in [0.4, 0.5) is 11.5 Å². The maximum Gasteiger partial charge on any atom is 0.274 e. The van der Waals surface area contributed by atoms with E-state index in [9.17, 15) is 4.79 Å². The number of ether oxygens (including phenoxy) is 2. The van der Waals surface area contributed by atoms with Crippen molar-refractivity contribution in [2.75, 3.05) is 31.4 Å². The van der Waals surface area contributed by atoms with Crippen LogP contribution in [-0.4, -0.2) is 36.6 Å². The van der Waals surface area contributed by atoms with Gasteiger partial charge in [-0.2, -0.15) is 0 Å². The van der Waals surface area contributed by atoms with Crippen LogP contribution < -0.4 is 20.1 Å². The molecule has 0 aliphatic heterocycles. The molecule has 2 N–H and O–H groups in total. The smallest absolute Gasteiger partial charge is 0.274 e. The van der Waals surface area contributed by atoms with Crippen molar-refractivity contribution in [1.82, 2.24) is 9.97 Å². The summed E-state index contributed by atoms with van der Waals surface area (Å²) < 4.78 is 10.4. The molecule has 120 valence electrons. The van der Waals surface area contributed by atoms with Gasteiger partial charge in [-0.25, -0.2) is 9.97 Å². The predicted octanol–water partition coefficient (Wildman–Crippen LogP) is 2.34. The third kappa shape index (κ3) is 4.19. The van der Waals surface area contributed by atoms with Crippen molar-refractivity contribution in [3.63, 3.8) is 0 Å². The van der Waals surface area contributed by atoms with E-state index in [-0.39, 0.29) is 11.6 Å². The standard InChI is InChI=1S/C16H18N4O3/c1-4-7-17-15-9-13(18-10-19-15)16(21)20-12-6-5-11(22-2)8-14(12)23-3/h4-6,8-10H,1,7H2,2-3H3,(H,20,21)(H,17,18,19). The number of anilines is 2. The van der Waals surface area contributed by atoms with E-state index in [4.69, 9.17) is 9.47 Å². The van der Waals surface area contributed by atoms with E-state index in [1.54, 1.807) is 37.5 Å². The molecule has 1 aromatic heterocycles. The zero-order valence-electron chi connectivity index (χ0n) is 13.0. The fourth-order valence-electron chi connectivity index (χ4n) is 1.84. The van der Waals surface area contributed by atoms with Crippen LogP contribution in [0, 0.1) is 0 Å². The van der Waals surface area contributed by atoms with Crippen molar-refractivity contribution < 1.29 is 14.3 Å². The number of hydrogen-bond donors (Lipinski definition) is 2. The normalized spacial score (nSPS) is 9.83. The van der Waals surface area contributed by atoms with E-state index in [0.717, 1.165) is 0 Å². The average Bonchev–Trinajstić information content (AvgIpc) is 2.60. The lowest BCUT2D eigenvalue weighted by molar-refractivity contribution is 0.102. The highest BCUT2D eigenvalue weighted by Gasteiger charge is 2.12. The molecule has 0 spiro atoms. The zero-order chi connectivity index (χ0) is 16.7. The summed E-state index contributed by atoms with van der Waals surface area (Å²) in [6.45, 7) is 4.16. The SMILES string of the molecule is C=CCNc1cc(C(=O)Nc2ccc(OC)cc2OC)ncn1. The number of carbonyl (C=O) groups excluding carboxylic acids is 1. The fourth-order valence-corrected chi connectivity index (χ4v) is 1.84. The summed E-state index contributed by atoms with van der Waals surface area (Å²) in [6, 6.07) is 6.68. The topological polar surface area (TPSA) is 85.4 Å². The number of methoxy groups -OCH3 is 2. The molecule has 23 heavy (non-hydrogen) atoms. The van der Waals surface area contributed by atoms with Gasteiger partial charge in [-0.1, -0.05) is 6.08 Å². The molecule has 0 bridgehead atoms. The Morgan fingerprint density at radius 1 is 1.26 bits per heavy atom. The lowest BCUT2D eigenvalue weighted by Gasteiger charge is -2.11. The predicted molar refractivity (Wildman–Crippen MR) is 88.2 cm³/mol. The van der Waals surface area contributed by atoms with Gasteiger partial charge in [-0.15, -0.1) is 6.58 Å². The third-order valence-corrected chi connectivity index (χ3v) is 2.98. The highest BCUT2D eigenvalue weighted by molar-refractivity contribution is 6.04. The Bertz CT molecular complexity index is 703. The van der Waals surface area contributed by atoms with Crippen LogP contribution in [0.5, 0.6) is 11.5 Å². The van der Waals surface area contributed by atoms with Crippen LogP contribution in [0.15, 0.2) is 43.2 Å². The van der Waals surface area contributed by atoms with E-state index in [2.05, 4.69) is 27.2 Å². The van der Waals surface area contributed by atoms with Gasteiger partial charge in [0.1, 0.15) is 29.3 Å². The Labute approximate surface area is 134 Å². The Kier molecular flexibility index (Phi) is 5.51. The zero-order valence-corrected chi connectivity index (χ0v) is 13.0. The van der Waals surface area contributed by atoms with Crippen molar-refractivity contribution in [2.24, 2.45) is 0 Å². The van der Waals surface area contributed by atoms with Crippen LogP contribution in [0.1, 0.15) is 10.5 Å². The lowest BCUT2D eigenvalue weighted by atomic mass is 10.2. The minimum atomic E-state index is -0.363. The number of hydrogen-bond acceptors (Lipinski definition) is 6. The molecule has 1 amide bonds. The molecule has 0 unspecified atom stereocenters. The second kappa shape index (κ2) is 7.79. The summed E-state index contributed by atoms with van der Waals surface area (Å²) in [7, 11) is 3.08. The van der Waals surface area contributed by atoms with Crippen molar-refractivity contribution in [2.45, 2.75) is 0 Å². The van der Waals surface area contributed by atoms with E-state index in [1.165, 1.54) is 13.4 Å². The number of nitrogens with one attached hydrogen (secondary N) is 2. The van der Waals surface area contributed by atoms with Crippen LogP contribution in [0.2, 0.25) is 0 Å². The molecular weight excluding hydrogens is 296 g/mol. The molecule has 0 saturated heterocycles. The molecule has 1 aromatic carbocycles. The summed E-state index contributed by atoms with van der Waals surface area (Å²) >= 11 is 0. The number of rotatable bonds is 7. The summed E-state index contributed by atoms with van der Waals surface area (Å²) in [5.74, 6) is 1.32. The molecule has 1 heterocycles. The molecule has 0 saturated carbocycles. The quantitative estimate of drug-likeness (QED) is 0.763. The Balaban J connectivity index is 2.17. The number of aromatic nitrogens is 2. The fraction of sp³-hybridized carbons (Fsp3) is 0.188. The maximum atomic E-state index is 12.3. The molecule has 7 heteroatoms. The van der Waals surface area contributed by atoms with Gasteiger partial charge in [0.2, 0.25) is 0 Å². The van der Waals surface area contributed by atoms with Gasteiger partial charge in [0.15, 0.2) is 0 Å². The highest BCUT2D eigenvalue weighted by atomic mass is 16.5. The first-order valence-electron chi connectivity index (χ1n) is 6.88. The molecule has 0 fully saturated rings. The Morgan fingerprint density at radius 2 is 2.09 bits per heavy atom. The Hall–Kier alpha value is -3.09. The van der Waals surface area contributed by atoms with Crippen LogP contribution in [0.25, 0.3) is 0 Å². The largest absolute Gasteiger partial charge is 0.497 e. The number of benzene rings is 1. The molecular formula is C16H18N4O3. The molecule has 2 rings (SSSR count). The maximum absolute atomic E-state index is 12.3. The van der Waals surface area contributed by atoms with E-state index in [0.29, 0.717) is 29.5 Å². The van der Waals surface area contributed by atoms with Crippen LogP contribution in [0.3, 0.4) is 0 Å². The Morgan fingerprint density at radius 3 is 2.78 bits per heavy atom. The summed E-state index contributed by atoms with van der Waals surface area (Å²) in [4.78, 5) is 20.3. The molecule has 0 aliphatic rings. The monoisotopic (exact) mass is 314 g/mol. The first-order valence-corrected chi connectivity index (χ1v) is 6.88. The van der Waals surface area contributed by atoms with Crippen molar-refractivity contribution in [3.8, 4) is 11.5 Å². The summed E-state index contributed by atoms with van der Waals surface area (Å²) in [5, 5.41) is 5.76. The number of amides is 1. The number of carbonyl (C=O) groups is 1. The van der Waals surface area contributed by atoms with Crippen molar-refractivity contribution >= 4 is 17.4 Å². The summed E-state index contributed by atoms with van der Waals surface area (Å²) in [5.41, 5.74) is 0.766. The summed E-state index contributed by atoms with van der Waals surface area (Å²) in [6.07, 6.45) is 3.02.